The second kappa shape index (κ2) is 16.6. The lowest BCUT2D eigenvalue weighted by Gasteiger charge is -2.27. The fourth-order valence-electron chi connectivity index (χ4n) is 3.68. The first-order valence-corrected chi connectivity index (χ1v) is 15.3. The minimum Gasteiger partial charge on any atom is -0.389 e. The van der Waals surface area contributed by atoms with Crippen molar-refractivity contribution < 1.29 is 38.9 Å². The normalized spacial score (nSPS) is 14.5. The topological polar surface area (TPSA) is 160 Å². The molecule has 2 aliphatic rings. The van der Waals surface area contributed by atoms with E-state index in [1.807, 2.05) is 27.7 Å². The largest absolute Gasteiger partial charge is 0.389 e. The molecule has 0 spiro atoms. The predicted molar refractivity (Wildman–Crippen MR) is 178 cm³/mol. The molecule has 2 heterocycles. The number of imide groups is 2. The van der Waals surface area contributed by atoms with Crippen LogP contribution in [0, 0.1) is 0 Å². The molecular formula is C34H50ClN3O8. The first-order chi connectivity index (χ1) is 21.0. The number of benzene rings is 2. The minimum absolute atomic E-state index is 0.0132. The monoisotopic (exact) mass is 663 g/mol. The number of hydrogen-bond acceptors (Lipinski definition) is 9. The Morgan fingerprint density at radius 1 is 0.609 bits per heavy atom. The van der Waals surface area contributed by atoms with Crippen LogP contribution in [0.3, 0.4) is 0 Å². The molecule has 4 N–H and O–H groups in total. The first-order valence-electron chi connectivity index (χ1n) is 14.8. The highest BCUT2D eigenvalue weighted by Crippen LogP contribution is 2.25. The lowest BCUT2D eigenvalue weighted by Crippen LogP contribution is -2.43. The van der Waals surface area contributed by atoms with E-state index < -0.39 is 16.8 Å². The summed E-state index contributed by atoms with van der Waals surface area (Å²) in [5.74, 6) is -0.843. The molecule has 4 rings (SSSR count). The Bertz CT molecular complexity index is 1290. The maximum absolute atomic E-state index is 12.1. The van der Waals surface area contributed by atoms with E-state index in [9.17, 15) is 24.3 Å². The second-order valence-corrected chi connectivity index (χ2v) is 13.6. The molecule has 0 aromatic heterocycles. The molecule has 0 bridgehead atoms. The highest BCUT2D eigenvalue weighted by molar-refractivity contribution is 6.22. The minimum atomic E-state index is -1.08. The van der Waals surface area contributed by atoms with Crippen LogP contribution < -0.4 is 5.73 Å². The number of aliphatic hydroxyl groups is 2. The summed E-state index contributed by atoms with van der Waals surface area (Å²) in [6.45, 7) is 14.9. The average Bonchev–Trinajstić information content (AvgIpc) is 3.37. The number of hydrogen-bond donors (Lipinski definition) is 3. The molecule has 0 saturated heterocycles. The number of β-amino-alcohol motifs (C(OH)–C–C–N with tert-alkyl or cyclic N) is 1. The maximum Gasteiger partial charge on any atom is 0.261 e. The number of methoxy groups -OCH3 is 2. The number of ether oxygens (including phenoxy) is 2. The van der Waals surface area contributed by atoms with Crippen molar-refractivity contribution in [3.63, 3.8) is 0 Å². The average molecular weight is 664 g/mol. The third kappa shape index (κ3) is 12.2. The summed E-state index contributed by atoms with van der Waals surface area (Å²) < 4.78 is 10.2. The summed E-state index contributed by atoms with van der Waals surface area (Å²) in [6, 6.07) is 13.6. The van der Waals surface area contributed by atoms with Crippen molar-refractivity contribution in [3.05, 3.63) is 70.8 Å². The Kier molecular flexibility index (Phi) is 14.7. The molecule has 12 heteroatoms. The number of alkyl halides is 1. The van der Waals surface area contributed by atoms with Crippen molar-refractivity contribution in [1.29, 1.82) is 0 Å². The van der Waals surface area contributed by atoms with Crippen LogP contribution in [0.5, 0.6) is 0 Å². The first kappa shape index (κ1) is 40.8. The third-order valence-corrected chi connectivity index (χ3v) is 7.42. The van der Waals surface area contributed by atoms with Gasteiger partial charge in [-0.1, -0.05) is 24.3 Å². The fraction of sp³-hybridized carbons (Fsp3) is 0.529. The van der Waals surface area contributed by atoms with Crippen LogP contribution in [0.4, 0.5) is 0 Å². The van der Waals surface area contributed by atoms with E-state index in [1.54, 1.807) is 90.4 Å². The van der Waals surface area contributed by atoms with Gasteiger partial charge in [-0.25, -0.2) is 0 Å². The summed E-state index contributed by atoms with van der Waals surface area (Å²) in [5.41, 5.74) is 4.63. The summed E-state index contributed by atoms with van der Waals surface area (Å²) in [4.78, 5) is 50.2. The molecule has 2 aromatic carbocycles. The smallest absolute Gasteiger partial charge is 0.261 e. The number of amides is 4. The zero-order valence-electron chi connectivity index (χ0n) is 28.6. The molecule has 0 aliphatic carbocycles. The molecule has 11 nitrogen and oxygen atoms in total. The van der Waals surface area contributed by atoms with Gasteiger partial charge in [0.05, 0.1) is 63.6 Å². The van der Waals surface area contributed by atoms with E-state index in [0.717, 1.165) is 4.90 Å². The molecule has 4 amide bonds. The standard InChI is InChI=1S/C13H15NO3.C12H13NO3.C5H13NO.C4H9ClO/c1-13(2,17-3)8-14-11(15)9-6-4-5-7-10(9)12(14)16;1-12(2,16)7-13-10(14)8-5-3-4-6-9(8)11(13)15;1-5(2,4-6)7-3;1-4(2,6)3-5/h4-7H,8H2,1-3H3;3-6,16H,7H2,1-2H3;4,6H2,1-3H3;6H,3H2,1-2H3. The highest BCUT2D eigenvalue weighted by Gasteiger charge is 2.39. The molecule has 0 radical (unpaired) electrons. The number of rotatable bonds is 8. The molecule has 2 aliphatic heterocycles. The highest BCUT2D eigenvalue weighted by atomic mass is 35.5. The summed E-state index contributed by atoms with van der Waals surface area (Å²) in [5, 5.41) is 18.3. The Hall–Kier alpha value is -3.19. The van der Waals surface area contributed by atoms with Crippen molar-refractivity contribution in [2.75, 3.05) is 39.7 Å². The fourth-order valence-corrected chi connectivity index (χ4v) is 3.68. The number of nitrogens with two attached hydrogens (primary N) is 1. The van der Waals surface area contributed by atoms with Crippen molar-refractivity contribution in [2.45, 2.75) is 77.8 Å². The van der Waals surface area contributed by atoms with Gasteiger partial charge in [-0.15, -0.1) is 11.6 Å². The van der Waals surface area contributed by atoms with Gasteiger partial charge in [0.2, 0.25) is 0 Å². The predicted octanol–water partition coefficient (Wildman–Crippen LogP) is 4.13. The maximum atomic E-state index is 12.1. The van der Waals surface area contributed by atoms with Crippen molar-refractivity contribution in [2.24, 2.45) is 5.73 Å². The van der Waals surface area contributed by atoms with Crippen LogP contribution in [-0.4, -0.2) is 106 Å². The molecule has 0 atom stereocenters. The molecule has 256 valence electrons. The number of carbonyl (C=O) groups excluding carboxylic acids is 4. The van der Waals surface area contributed by atoms with Crippen LogP contribution in [0.2, 0.25) is 0 Å². The van der Waals surface area contributed by atoms with Gasteiger partial charge in [-0.2, -0.15) is 0 Å². The molecule has 0 unspecified atom stereocenters. The van der Waals surface area contributed by atoms with Crippen LogP contribution in [0.15, 0.2) is 48.5 Å². The van der Waals surface area contributed by atoms with Crippen molar-refractivity contribution in [3.8, 4) is 0 Å². The lowest BCUT2D eigenvalue weighted by atomic mass is 10.1. The zero-order valence-corrected chi connectivity index (χ0v) is 29.4. The van der Waals surface area contributed by atoms with E-state index in [-0.39, 0.29) is 42.3 Å². The van der Waals surface area contributed by atoms with Gasteiger partial charge in [-0.3, -0.25) is 29.0 Å². The Morgan fingerprint density at radius 3 is 1.09 bits per heavy atom. The zero-order chi connectivity index (χ0) is 35.7. The Labute approximate surface area is 277 Å². The van der Waals surface area contributed by atoms with Gasteiger partial charge in [-0.05, 0) is 79.7 Å². The van der Waals surface area contributed by atoms with E-state index in [4.69, 9.17) is 31.9 Å². The molecule has 0 saturated carbocycles. The summed E-state index contributed by atoms with van der Waals surface area (Å²) in [6.07, 6.45) is 0. The second-order valence-electron chi connectivity index (χ2n) is 13.4. The number of carbonyl (C=O) groups is 4. The van der Waals surface area contributed by atoms with Crippen molar-refractivity contribution >= 4 is 35.2 Å². The number of fused-ring (bicyclic) bond motifs is 2. The van der Waals surface area contributed by atoms with E-state index in [2.05, 4.69) is 0 Å². The molecule has 0 fully saturated rings. The van der Waals surface area contributed by atoms with Crippen LogP contribution in [0.1, 0.15) is 96.8 Å². The SMILES string of the molecule is CC(C)(O)CCl.CC(C)(O)CN1C(=O)c2ccccc2C1=O.COC(C)(C)CN.COC(C)(C)CN1C(=O)c2ccccc2C1=O. The lowest BCUT2D eigenvalue weighted by molar-refractivity contribution is -0.00155. The van der Waals surface area contributed by atoms with Crippen LogP contribution >= 0.6 is 11.6 Å². The van der Waals surface area contributed by atoms with Gasteiger partial charge in [0.15, 0.2) is 0 Å². The third-order valence-electron chi connectivity index (χ3n) is 6.76. The van der Waals surface area contributed by atoms with Crippen LogP contribution in [-0.2, 0) is 9.47 Å². The van der Waals surface area contributed by atoms with Gasteiger partial charge in [0.25, 0.3) is 23.6 Å². The molecule has 46 heavy (non-hydrogen) atoms. The van der Waals surface area contributed by atoms with Crippen molar-refractivity contribution in [1.82, 2.24) is 9.80 Å². The van der Waals surface area contributed by atoms with E-state index in [1.165, 1.54) is 4.90 Å². The van der Waals surface area contributed by atoms with Gasteiger partial charge in [0.1, 0.15) is 0 Å². The van der Waals surface area contributed by atoms with Crippen LogP contribution in [0.25, 0.3) is 0 Å². The van der Waals surface area contributed by atoms with Gasteiger partial charge in [0, 0.05) is 20.8 Å². The van der Waals surface area contributed by atoms with E-state index >= 15 is 0 Å². The molecule has 2 aromatic rings. The van der Waals surface area contributed by atoms with Gasteiger partial charge < -0.3 is 25.4 Å². The summed E-state index contributed by atoms with van der Waals surface area (Å²) in [7, 11) is 3.23. The van der Waals surface area contributed by atoms with E-state index in [0.29, 0.717) is 34.7 Å². The van der Waals surface area contributed by atoms with Gasteiger partial charge >= 0.3 is 0 Å². The molecular weight excluding hydrogens is 614 g/mol. The Balaban J connectivity index is 0.000000337. The number of halogens is 1. The quantitative estimate of drug-likeness (QED) is 0.279. The number of nitrogens with zero attached hydrogens (tertiary/aromatic N) is 2. The summed E-state index contributed by atoms with van der Waals surface area (Å²) >= 11 is 5.23. The Morgan fingerprint density at radius 2 is 0.891 bits per heavy atom.